The summed E-state index contributed by atoms with van der Waals surface area (Å²) in [6.45, 7) is 6.86. The van der Waals surface area contributed by atoms with Gasteiger partial charge in [0.25, 0.3) is 0 Å². The molecule has 5 N–H and O–H groups in total. The third-order valence-corrected chi connectivity index (χ3v) is 11.4. The molecule has 0 aromatic carbocycles. The number of carboxylic acids is 1. The standard InChI is InChI=1S/C27H44O8/c1-13(28)17-6-7-18-16-5-4-14-12-15(8-10-26(14,2)19(16)9-11-27(17,18)3)34-25-22(31)20(29)21(30)23(35-25)24(32)33/h13-23,25,28-31H,4-12H2,1-3H3,(H,32,33)/t13-,14-,15+,16-,17+,18-,19-,20-,21-,22+,23-,25+,26-,27+/m0/s1. The van der Waals surface area contributed by atoms with Crippen LogP contribution >= 0.6 is 0 Å². The zero-order valence-electron chi connectivity index (χ0n) is 21.3. The van der Waals surface area contributed by atoms with Crippen LogP contribution in [0.25, 0.3) is 0 Å². The molecule has 5 rings (SSSR count). The molecule has 0 aromatic heterocycles. The second-order valence-corrected chi connectivity index (χ2v) is 12.9. The summed E-state index contributed by atoms with van der Waals surface area (Å²) in [7, 11) is 0. The Balaban J connectivity index is 1.26. The molecule has 35 heavy (non-hydrogen) atoms. The van der Waals surface area contributed by atoms with E-state index in [0.29, 0.717) is 29.6 Å². The van der Waals surface area contributed by atoms with Gasteiger partial charge in [-0.1, -0.05) is 13.8 Å². The molecular weight excluding hydrogens is 452 g/mol. The van der Waals surface area contributed by atoms with Crippen molar-refractivity contribution in [3.05, 3.63) is 0 Å². The minimum Gasteiger partial charge on any atom is -0.479 e. The van der Waals surface area contributed by atoms with Crippen molar-refractivity contribution in [1.29, 1.82) is 0 Å². The fourth-order valence-corrected chi connectivity index (χ4v) is 9.53. The Labute approximate surface area is 208 Å². The number of carbonyl (C=O) groups is 1. The van der Waals surface area contributed by atoms with E-state index in [1.807, 2.05) is 6.92 Å². The zero-order chi connectivity index (χ0) is 25.3. The molecule has 1 aliphatic heterocycles. The number of ether oxygens (including phenoxy) is 2. The molecule has 1 saturated heterocycles. The van der Waals surface area contributed by atoms with Crippen LogP contribution in [0.15, 0.2) is 0 Å². The van der Waals surface area contributed by atoms with E-state index in [1.54, 1.807) is 0 Å². The lowest BCUT2D eigenvalue weighted by molar-refractivity contribution is -0.309. The number of carboxylic acid groups (broad SMARTS) is 1. The largest absolute Gasteiger partial charge is 0.479 e. The third kappa shape index (κ3) is 4.07. The molecule has 5 fully saturated rings. The van der Waals surface area contributed by atoms with Crippen LogP contribution in [0, 0.1) is 40.4 Å². The van der Waals surface area contributed by atoms with Gasteiger partial charge in [0.1, 0.15) is 18.3 Å². The molecule has 0 unspecified atom stereocenters. The van der Waals surface area contributed by atoms with Crippen molar-refractivity contribution in [3.63, 3.8) is 0 Å². The summed E-state index contributed by atoms with van der Waals surface area (Å²) in [5.41, 5.74) is 0.484. The Bertz CT molecular complexity index is 804. The van der Waals surface area contributed by atoms with E-state index < -0.39 is 36.7 Å². The highest BCUT2D eigenvalue weighted by atomic mass is 16.7. The Morgan fingerprint density at radius 3 is 2.29 bits per heavy atom. The number of aliphatic carboxylic acids is 1. The molecule has 0 radical (unpaired) electrons. The van der Waals surface area contributed by atoms with Crippen LogP contribution in [-0.4, -0.2) is 74.4 Å². The van der Waals surface area contributed by atoms with Crippen LogP contribution in [0.1, 0.15) is 78.6 Å². The molecule has 0 aromatic rings. The van der Waals surface area contributed by atoms with Crippen LogP contribution in [0.5, 0.6) is 0 Å². The molecule has 4 saturated carbocycles. The maximum atomic E-state index is 11.4. The predicted molar refractivity (Wildman–Crippen MR) is 126 cm³/mol. The number of rotatable bonds is 4. The first-order valence-corrected chi connectivity index (χ1v) is 13.7. The summed E-state index contributed by atoms with van der Waals surface area (Å²) in [6.07, 6.45) is 1.63. The first kappa shape index (κ1) is 25.9. The van der Waals surface area contributed by atoms with Crippen molar-refractivity contribution in [2.75, 3.05) is 0 Å². The van der Waals surface area contributed by atoms with Crippen molar-refractivity contribution < 1.29 is 39.8 Å². The minimum atomic E-state index is -1.70. The van der Waals surface area contributed by atoms with Crippen LogP contribution in [0.3, 0.4) is 0 Å². The Hall–Kier alpha value is -0.770. The van der Waals surface area contributed by atoms with Gasteiger partial charge < -0.3 is 35.0 Å². The average molecular weight is 497 g/mol. The number of aliphatic hydroxyl groups is 4. The summed E-state index contributed by atoms with van der Waals surface area (Å²) in [5, 5.41) is 50.2. The van der Waals surface area contributed by atoms with Gasteiger partial charge in [0.05, 0.1) is 12.2 Å². The molecule has 200 valence electrons. The SMILES string of the molecule is C[C@H](O)[C@H]1CC[C@H]2[C@@H]3CC[C@H]4C[C@H](O[C@@H]5O[C@H](C(=O)O)[C@@H](O)[C@H](O)[C@H]5O)CC[C@]4(C)[C@H]3CC[C@]12C. The molecule has 8 nitrogen and oxygen atoms in total. The van der Waals surface area contributed by atoms with Gasteiger partial charge in [0, 0.05) is 0 Å². The van der Waals surface area contributed by atoms with Gasteiger partial charge in [-0.2, -0.15) is 0 Å². The van der Waals surface area contributed by atoms with Crippen LogP contribution in [-0.2, 0) is 14.3 Å². The van der Waals surface area contributed by atoms with Gasteiger partial charge in [-0.15, -0.1) is 0 Å². The molecule has 0 bridgehead atoms. The fraction of sp³-hybridized carbons (Fsp3) is 0.963. The molecular formula is C27H44O8. The average Bonchev–Trinajstić information content (AvgIpc) is 3.17. The number of hydrogen-bond donors (Lipinski definition) is 5. The monoisotopic (exact) mass is 496 g/mol. The van der Waals surface area contributed by atoms with E-state index >= 15 is 0 Å². The number of hydrogen-bond acceptors (Lipinski definition) is 7. The van der Waals surface area contributed by atoms with E-state index in [0.717, 1.165) is 32.1 Å². The normalized spacial score (nSPS) is 54.9. The van der Waals surface area contributed by atoms with Crippen molar-refractivity contribution >= 4 is 5.97 Å². The first-order chi connectivity index (χ1) is 16.5. The van der Waals surface area contributed by atoms with Gasteiger partial charge in [-0.25, -0.2) is 4.79 Å². The second-order valence-electron chi connectivity index (χ2n) is 12.9. The maximum Gasteiger partial charge on any atom is 0.335 e. The number of fused-ring (bicyclic) bond motifs is 5. The Morgan fingerprint density at radius 2 is 1.60 bits per heavy atom. The van der Waals surface area contributed by atoms with Gasteiger partial charge in [-0.3, -0.25) is 0 Å². The molecule has 5 aliphatic rings. The fourth-order valence-electron chi connectivity index (χ4n) is 9.53. The molecule has 4 aliphatic carbocycles. The quantitative estimate of drug-likeness (QED) is 0.374. The molecule has 1 heterocycles. The van der Waals surface area contributed by atoms with E-state index in [2.05, 4.69) is 13.8 Å². The molecule has 8 heteroatoms. The second kappa shape index (κ2) is 9.21. The lowest BCUT2D eigenvalue weighted by Crippen LogP contribution is -2.61. The zero-order valence-corrected chi connectivity index (χ0v) is 21.3. The van der Waals surface area contributed by atoms with E-state index in [9.17, 15) is 30.3 Å². The van der Waals surface area contributed by atoms with Gasteiger partial charge in [0.2, 0.25) is 0 Å². The molecule has 0 amide bonds. The smallest absolute Gasteiger partial charge is 0.335 e. The van der Waals surface area contributed by atoms with Crippen molar-refractivity contribution in [2.24, 2.45) is 40.4 Å². The lowest BCUT2D eigenvalue weighted by Gasteiger charge is -2.61. The summed E-state index contributed by atoms with van der Waals surface area (Å²) in [6, 6.07) is 0. The minimum absolute atomic E-state index is 0.180. The summed E-state index contributed by atoms with van der Waals surface area (Å²) >= 11 is 0. The van der Waals surface area contributed by atoms with Crippen molar-refractivity contribution in [2.45, 2.75) is 121 Å². The highest BCUT2D eigenvalue weighted by molar-refractivity contribution is 5.73. The lowest BCUT2D eigenvalue weighted by atomic mass is 9.44. The van der Waals surface area contributed by atoms with Crippen molar-refractivity contribution in [3.8, 4) is 0 Å². The molecule has 14 atom stereocenters. The molecule has 0 spiro atoms. The van der Waals surface area contributed by atoms with E-state index in [4.69, 9.17) is 9.47 Å². The summed E-state index contributed by atoms with van der Waals surface area (Å²) in [5.74, 6) is 1.60. The van der Waals surface area contributed by atoms with E-state index in [1.165, 1.54) is 25.7 Å². The topological polar surface area (TPSA) is 137 Å². The van der Waals surface area contributed by atoms with Crippen LogP contribution in [0.4, 0.5) is 0 Å². The van der Waals surface area contributed by atoms with E-state index in [-0.39, 0.29) is 23.0 Å². The van der Waals surface area contributed by atoms with Gasteiger partial charge >= 0.3 is 5.97 Å². The van der Waals surface area contributed by atoms with Gasteiger partial charge in [0.15, 0.2) is 12.4 Å². The number of aliphatic hydroxyl groups excluding tert-OH is 4. The highest BCUT2D eigenvalue weighted by Gasteiger charge is 2.61. The highest BCUT2D eigenvalue weighted by Crippen LogP contribution is 2.67. The first-order valence-electron chi connectivity index (χ1n) is 13.7. The maximum absolute atomic E-state index is 11.4. The van der Waals surface area contributed by atoms with Crippen LogP contribution < -0.4 is 0 Å². The van der Waals surface area contributed by atoms with Gasteiger partial charge in [-0.05, 0) is 105 Å². The third-order valence-electron chi connectivity index (χ3n) is 11.4. The van der Waals surface area contributed by atoms with Crippen LogP contribution in [0.2, 0.25) is 0 Å². The van der Waals surface area contributed by atoms with Crippen molar-refractivity contribution in [1.82, 2.24) is 0 Å². The summed E-state index contributed by atoms with van der Waals surface area (Å²) in [4.78, 5) is 11.4. The Kier molecular flexibility index (Phi) is 6.80. The summed E-state index contributed by atoms with van der Waals surface area (Å²) < 4.78 is 11.4. The Morgan fingerprint density at radius 1 is 0.914 bits per heavy atom. The predicted octanol–water partition coefficient (Wildman–Crippen LogP) is 2.30.